The summed E-state index contributed by atoms with van der Waals surface area (Å²) in [5, 5.41) is 4.26. The molecular weight excluding hydrogens is 422 g/mol. The van der Waals surface area contributed by atoms with Crippen LogP contribution in [-0.4, -0.2) is 60.3 Å². The minimum absolute atomic E-state index is 0.116. The highest BCUT2D eigenvalue weighted by Crippen LogP contribution is 2.39. The Morgan fingerprint density at radius 1 is 1.31 bits per heavy atom. The van der Waals surface area contributed by atoms with E-state index in [2.05, 4.69) is 15.1 Å². The van der Waals surface area contributed by atoms with Crippen molar-refractivity contribution in [2.24, 2.45) is 5.73 Å². The Hall–Kier alpha value is -3.57. The minimum atomic E-state index is -3.02. The summed E-state index contributed by atoms with van der Waals surface area (Å²) in [5.74, 6) is -1.89. The van der Waals surface area contributed by atoms with Gasteiger partial charge < -0.3 is 19.9 Å². The third kappa shape index (κ3) is 3.35. The number of primary amides is 1. The number of carbonyl (C=O) groups excluding carboxylic acids is 1. The summed E-state index contributed by atoms with van der Waals surface area (Å²) in [6.07, 6.45) is 4.27. The second-order valence-electron chi connectivity index (χ2n) is 8.26. The number of fused-ring (bicyclic) bond motifs is 3. The molecular formula is C20H22F2N8O2. The third-order valence-electron chi connectivity index (χ3n) is 5.64. The van der Waals surface area contributed by atoms with Crippen molar-refractivity contribution in [2.45, 2.75) is 44.8 Å². The van der Waals surface area contributed by atoms with E-state index in [-0.39, 0.29) is 11.9 Å². The highest BCUT2D eigenvalue weighted by Gasteiger charge is 2.48. The van der Waals surface area contributed by atoms with Crippen LogP contribution in [0.1, 0.15) is 26.3 Å². The molecule has 3 aromatic heterocycles. The molecule has 5 heterocycles. The molecule has 2 aliphatic heterocycles. The molecule has 2 N–H and O–H groups in total. The van der Waals surface area contributed by atoms with Crippen molar-refractivity contribution < 1.29 is 18.3 Å². The number of amides is 1. The number of alkyl halides is 2. The Morgan fingerprint density at radius 3 is 2.88 bits per heavy atom. The van der Waals surface area contributed by atoms with Crippen molar-refractivity contribution in [3.8, 4) is 28.7 Å². The van der Waals surface area contributed by atoms with Crippen LogP contribution in [0.4, 0.5) is 14.6 Å². The molecule has 1 saturated heterocycles. The molecule has 32 heavy (non-hydrogen) atoms. The van der Waals surface area contributed by atoms with Crippen LogP contribution in [0.15, 0.2) is 24.8 Å². The lowest BCUT2D eigenvalue weighted by atomic mass is 10.2. The number of anilines is 1. The molecule has 0 radical (unpaired) electrons. The number of hydrogen-bond acceptors (Lipinski definition) is 7. The Morgan fingerprint density at radius 2 is 2.12 bits per heavy atom. The fourth-order valence-corrected chi connectivity index (χ4v) is 4.16. The number of halogens is 2. The van der Waals surface area contributed by atoms with Gasteiger partial charge in [0.15, 0.2) is 5.82 Å². The van der Waals surface area contributed by atoms with Crippen LogP contribution in [0.5, 0.6) is 5.75 Å². The molecule has 168 valence electrons. The summed E-state index contributed by atoms with van der Waals surface area (Å²) < 4.78 is 37.6. The van der Waals surface area contributed by atoms with Crippen molar-refractivity contribution in [3.63, 3.8) is 0 Å². The molecule has 1 amide bonds. The molecule has 0 aliphatic carbocycles. The van der Waals surface area contributed by atoms with E-state index < -0.39 is 30.8 Å². The lowest BCUT2D eigenvalue weighted by Crippen LogP contribution is -2.40. The summed E-state index contributed by atoms with van der Waals surface area (Å²) in [6, 6.07) is 0.552. The molecule has 5 rings (SSSR count). The van der Waals surface area contributed by atoms with Crippen LogP contribution in [0, 0.1) is 0 Å². The Labute approximate surface area is 182 Å². The SMILES string of the molecule is CC(C)n1ncnc1-c1cn2c(n1)-c1cnc(N3CC(F)(F)C[C@H]3C(N)=O)cc1OCC2. The predicted molar refractivity (Wildman–Crippen MR) is 110 cm³/mol. The van der Waals surface area contributed by atoms with E-state index >= 15 is 0 Å². The number of nitrogens with zero attached hydrogens (tertiary/aromatic N) is 7. The van der Waals surface area contributed by atoms with E-state index in [1.807, 2.05) is 24.6 Å². The fraction of sp³-hybridized carbons (Fsp3) is 0.450. The zero-order chi connectivity index (χ0) is 22.6. The maximum Gasteiger partial charge on any atom is 0.267 e. The number of pyridine rings is 1. The second-order valence-corrected chi connectivity index (χ2v) is 8.26. The Kier molecular flexibility index (Phi) is 4.60. The van der Waals surface area contributed by atoms with Gasteiger partial charge >= 0.3 is 0 Å². The van der Waals surface area contributed by atoms with Crippen molar-refractivity contribution in [2.75, 3.05) is 18.1 Å². The number of hydrogen-bond donors (Lipinski definition) is 1. The molecule has 0 saturated carbocycles. The van der Waals surface area contributed by atoms with Crippen molar-refractivity contribution in [1.29, 1.82) is 0 Å². The van der Waals surface area contributed by atoms with Gasteiger partial charge in [-0.15, -0.1) is 0 Å². The normalized spacial score (nSPS) is 19.4. The summed E-state index contributed by atoms with van der Waals surface area (Å²) >= 11 is 0. The maximum atomic E-state index is 14.0. The minimum Gasteiger partial charge on any atom is -0.491 e. The first kappa shape index (κ1) is 20.3. The van der Waals surface area contributed by atoms with Gasteiger partial charge in [-0.3, -0.25) is 4.79 Å². The summed E-state index contributed by atoms with van der Waals surface area (Å²) in [6.45, 7) is 4.28. The van der Waals surface area contributed by atoms with Gasteiger partial charge in [0.05, 0.1) is 18.7 Å². The van der Waals surface area contributed by atoms with Crippen LogP contribution in [0.3, 0.4) is 0 Å². The molecule has 10 nitrogen and oxygen atoms in total. The largest absolute Gasteiger partial charge is 0.491 e. The van der Waals surface area contributed by atoms with Gasteiger partial charge in [-0.2, -0.15) is 5.10 Å². The summed E-state index contributed by atoms with van der Waals surface area (Å²) in [5.41, 5.74) is 6.64. The Bertz CT molecular complexity index is 1190. The average Bonchev–Trinajstić information content (AvgIpc) is 3.42. The monoisotopic (exact) mass is 444 g/mol. The molecule has 1 atom stereocenters. The first-order valence-electron chi connectivity index (χ1n) is 10.3. The Balaban J connectivity index is 1.54. The van der Waals surface area contributed by atoms with Crippen LogP contribution in [-0.2, 0) is 11.3 Å². The number of nitrogens with two attached hydrogens (primary N) is 1. The number of ether oxygens (including phenoxy) is 1. The van der Waals surface area contributed by atoms with Crippen LogP contribution >= 0.6 is 0 Å². The summed E-state index contributed by atoms with van der Waals surface area (Å²) in [4.78, 5) is 26.4. The van der Waals surface area contributed by atoms with Crippen LogP contribution < -0.4 is 15.4 Å². The lowest BCUT2D eigenvalue weighted by Gasteiger charge is -2.23. The molecule has 0 bridgehead atoms. The first-order chi connectivity index (χ1) is 15.2. The zero-order valence-corrected chi connectivity index (χ0v) is 17.6. The number of aromatic nitrogens is 6. The van der Waals surface area contributed by atoms with Gasteiger partial charge in [0.25, 0.3) is 5.92 Å². The topological polar surface area (TPSA) is 117 Å². The maximum absolute atomic E-state index is 14.0. The van der Waals surface area contributed by atoms with Gasteiger partial charge in [-0.25, -0.2) is 28.4 Å². The van der Waals surface area contributed by atoms with Gasteiger partial charge in [0, 0.05) is 30.9 Å². The van der Waals surface area contributed by atoms with Crippen LogP contribution in [0.2, 0.25) is 0 Å². The molecule has 0 spiro atoms. The van der Waals surface area contributed by atoms with Gasteiger partial charge in [0.2, 0.25) is 5.91 Å². The highest BCUT2D eigenvalue weighted by atomic mass is 19.3. The van der Waals surface area contributed by atoms with Crippen molar-refractivity contribution in [1.82, 2.24) is 29.3 Å². The average molecular weight is 444 g/mol. The fourth-order valence-electron chi connectivity index (χ4n) is 4.16. The number of carbonyl (C=O) groups is 1. The van der Waals surface area contributed by atoms with E-state index in [0.29, 0.717) is 41.8 Å². The molecule has 1 fully saturated rings. The molecule has 2 aliphatic rings. The standard InChI is InChI=1S/C20H22F2N8O2/c1-11(2)30-19(25-10-26-30)13-8-28-3-4-32-15-5-16(24-7-12(15)18(28)27-13)29-9-20(21,22)6-14(29)17(23)31/h5,7-8,10-11,14H,3-4,6,9H2,1-2H3,(H2,23,31)/t14-/m0/s1. The van der Waals surface area contributed by atoms with Gasteiger partial charge in [-0.05, 0) is 13.8 Å². The predicted octanol–water partition coefficient (Wildman–Crippen LogP) is 1.88. The molecule has 0 unspecified atom stereocenters. The summed E-state index contributed by atoms with van der Waals surface area (Å²) in [7, 11) is 0. The smallest absolute Gasteiger partial charge is 0.267 e. The van der Waals surface area contributed by atoms with Gasteiger partial charge in [0.1, 0.15) is 42.1 Å². The third-order valence-corrected chi connectivity index (χ3v) is 5.64. The van der Waals surface area contributed by atoms with Crippen LogP contribution in [0.25, 0.3) is 22.9 Å². The number of imidazole rings is 1. The second kappa shape index (κ2) is 7.24. The lowest BCUT2D eigenvalue weighted by molar-refractivity contribution is -0.119. The molecule has 0 aromatic carbocycles. The van der Waals surface area contributed by atoms with Crippen molar-refractivity contribution in [3.05, 3.63) is 24.8 Å². The zero-order valence-electron chi connectivity index (χ0n) is 17.6. The van der Waals surface area contributed by atoms with E-state index in [1.165, 1.54) is 17.4 Å². The van der Waals surface area contributed by atoms with E-state index in [1.54, 1.807) is 10.7 Å². The quantitative estimate of drug-likeness (QED) is 0.653. The molecule has 12 heteroatoms. The molecule has 3 aromatic rings. The van der Waals surface area contributed by atoms with E-state index in [0.717, 1.165) is 0 Å². The number of rotatable bonds is 4. The highest BCUT2D eigenvalue weighted by molar-refractivity contribution is 5.84. The van der Waals surface area contributed by atoms with Gasteiger partial charge in [-0.1, -0.05) is 0 Å². The van der Waals surface area contributed by atoms with E-state index in [9.17, 15) is 13.6 Å². The van der Waals surface area contributed by atoms with E-state index in [4.69, 9.17) is 15.5 Å². The first-order valence-corrected chi connectivity index (χ1v) is 10.3. The van der Waals surface area contributed by atoms with Crippen molar-refractivity contribution >= 4 is 11.7 Å².